The molecular weight excluding hydrogens is 168 g/mol. The molecule has 1 aliphatic rings. The van der Waals surface area contributed by atoms with Gasteiger partial charge in [-0.1, -0.05) is 18.2 Å². The fourth-order valence-corrected chi connectivity index (χ4v) is 1.83. The van der Waals surface area contributed by atoms with E-state index in [1.807, 2.05) is 18.2 Å². The van der Waals surface area contributed by atoms with Gasteiger partial charge < -0.3 is 0 Å². The summed E-state index contributed by atoms with van der Waals surface area (Å²) in [6.45, 7) is 0. The summed E-state index contributed by atoms with van der Waals surface area (Å²) in [4.78, 5) is 8.06. The van der Waals surface area contributed by atoms with Gasteiger partial charge in [0.15, 0.2) is 0 Å². The summed E-state index contributed by atoms with van der Waals surface area (Å²) in [6, 6.07) is 1.95. The number of hydrogen-bond acceptors (Lipinski definition) is 3. The van der Waals surface area contributed by atoms with Gasteiger partial charge in [0.25, 0.3) is 0 Å². The molecule has 0 bridgehead atoms. The molecule has 0 N–H and O–H groups in total. The van der Waals surface area contributed by atoms with Crippen LogP contribution in [-0.4, -0.2) is 9.97 Å². The van der Waals surface area contributed by atoms with Crippen molar-refractivity contribution < 1.29 is 0 Å². The Morgan fingerprint density at radius 2 is 2.33 bits per heavy atom. The van der Waals surface area contributed by atoms with E-state index in [4.69, 9.17) is 0 Å². The van der Waals surface area contributed by atoms with Gasteiger partial charge in [-0.15, -0.1) is 11.8 Å². The number of aromatic nitrogens is 2. The highest BCUT2D eigenvalue weighted by molar-refractivity contribution is 8.02. The Kier molecular flexibility index (Phi) is 2.23. The van der Waals surface area contributed by atoms with Crippen LogP contribution in [0.2, 0.25) is 0 Å². The Morgan fingerprint density at radius 3 is 3.00 bits per heavy atom. The fraction of sp³-hybridized carbons (Fsp3) is 0.111. The maximum Gasteiger partial charge on any atom is 0.115 e. The Balaban J connectivity index is 2.21. The molecule has 0 aromatic carbocycles. The highest BCUT2D eigenvalue weighted by atomic mass is 32.2. The van der Waals surface area contributed by atoms with E-state index in [9.17, 15) is 0 Å². The number of rotatable bonds is 1. The Labute approximate surface area is 75.4 Å². The molecule has 2 heterocycles. The third-order valence-corrected chi connectivity index (χ3v) is 2.60. The Morgan fingerprint density at radius 1 is 1.33 bits per heavy atom. The van der Waals surface area contributed by atoms with Gasteiger partial charge in [0.1, 0.15) is 6.33 Å². The van der Waals surface area contributed by atoms with Crippen molar-refractivity contribution in [3.63, 3.8) is 0 Å². The van der Waals surface area contributed by atoms with Gasteiger partial charge >= 0.3 is 0 Å². The monoisotopic (exact) mass is 176 g/mol. The zero-order valence-electron chi connectivity index (χ0n) is 6.42. The summed E-state index contributed by atoms with van der Waals surface area (Å²) in [5, 5.41) is 2.44. The molecule has 0 aliphatic carbocycles. The number of thioether (sulfide) groups is 1. The second-order valence-electron chi connectivity index (χ2n) is 2.40. The van der Waals surface area contributed by atoms with Gasteiger partial charge in [-0.3, -0.25) is 0 Å². The van der Waals surface area contributed by atoms with Crippen LogP contribution in [0.3, 0.4) is 0 Å². The van der Waals surface area contributed by atoms with Crippen LogP contribution in [0.25, 0.3) is 0 Å². The molecule has 0 saturated heterocycles. The fourth-order valence-electron chi connectivity index (χ4n) is 1.02. The molecule has 1 unspecified atom stereocenters. The zero-order valence-corrected chi connectivity index (χ0v) is 7.24. The van der Waals surface area contributed by atoms with Crippen LogP contribution < -0.4 is 0 Å². The van der Waals surface area contributed by atoms with E-state index in [0.717, 1.165) is 5.69 Å². The van der Waals surface area contributed by atoms with E-state index in [-0.39, 0.29) is 0 Å². The van der Waals surface area contributed by atoms with Crippen molar-refractivity contribution in [3.8, 4) is 0 Å². The average Bonchev–Trinajstić information content (AvgIpc) is 2.21. The summed E-state index contributed by atoms with van der Waals surface area (Å²) in [5.41, 5.74) is 1.07. The van der Waals surface area contributed by atoms with Crippen LogP contribution in [0.4, 0.5) is 0 Å². The molecule has 3 heteroatoms. The minimum absolute atomic E-state index is 0.359. The highest BCUT2D eigenvalue weighted by Gasteiger charge is 2.08. The van der Waals surface area contributed by atoms with Crippen LogP contribution in [0, 0.1) is 0 Å². The van der Waals surface area contributed by atoms with E-state index >= 15 is 0 Å². The minimum Gasteiger partial charge on any atom is -0.245 e. The molecule has 0 spiro atoms. The lowest BCUT2D eigenvalue weighted by molar-refractivity contribution is 1.03. The standard InChI is InChI=1S/C9H8N2S/c1-2-6-12-9(3-1)8-4-5-10-7-11-8/h1-7,9H. The lowest BCUT2D eigenvalue weighted by Crippen LogP contribution is -1.94. The van der Waals surface area contributed by atoms with Crippen LogP contribution in [-0.2, 0) is 0 Å². The second-order valence-corrected chi connectivity index (χ2v) is 3.46. The maximum atomic E-state index is 4.19. The molecule has 1 aromatic rings. The first kappa shape index (κ1) is 7.55. The largest absolute Gasteiger partial charge is 0.245 e. The van der Waals surface area contributed by atoms with Gasteiger partial charge in [-0.25, -0.2) is 9.97 Å². The first-order valence-electron chi connectivity index (χ1n) is 3.71. The summed E-state index contributed by atoms with van der Waals surface area (Å²) in [7, 11) is 0. The lowest BCUT2D eigenvalue weighted by Gasteiger charge is -2.10. The third-order valence-electron chi connectivity index (χ3n) is 1.60. The normalized spacial score (nSPS) is 21.2. The molecule has 1 aliphatic heterocycles. The summed E-state index contributed by atoms with van der Waals surface area (Å²) in [5.74, 6) is 0. The summed E-state index contributed by atoms with van der Waals surface area (Å²) >= 11 is 1.76. The zero-order chi connectivity index (χ0) is 8.23. The van der Waals surface area contributed by atoms with Crippen LogP contribution in [0.5, 0.6) is 0 Å². The molecule has 12 heavy (non-hydrogen) atoms. The topological polar surface area (TPSA) is 25.8 Å². The quantitative estimate of drug-likeness (QED) is 0.656. The number of allylic oxidation sites excluding steroid dienone is 2. The van der Waals surface area contributed by atoms with Crippen molar-refractivity contribution in [1.29, 1.82) is 0 Å². The van der Waals surface area contributed by atoms with Crippen molar-refractivity contribution in [1.82, 2.24) is 9.97 Å². The minimum atomic E-state index is 0.359. The molecule has 0 radical (unpaired) electrons. The van der Waals surface area contributed by atoms with Gasteiger partial charge in [-0.05, 0) is 11.5 Å². The van der Waals surface area contributed by atoms with Gasteiger partial charge in [-0.2, -0.15) is 0 Å². The molecule has 1 atom stereocenters. The molecule has 2 rings (SSSR count). The molecule has 1 aromatic heterocycles. The van der Waals surface area contributed by atoms with Crippen molar-refractivity contribution in [2.45, 2.75) is 5.25 Å². The number of hydrogen-bond donors (Lipinski definition) is 0. The third kappa shape index (κ3) is 1.56. The van der Waals surface area contributed by atoms with Crippen LogP contribution in [0.1, 0.15) is 10.9 Å². The van der Waals surface area contributed by atoms with Crippen molar-refractivity contribution in [2.75, 3.05) is 0 Å². The van der Waals surface area contributed by atoms with Gasteiger partial charge in [0, 0.05) is 6.20 Å². The summed E-state index contributed by atoms with van der Waals surface area (Å²) < 4.78 is 0. The van der Waals surface area contributed by atoms with E-state index in [1.165, 1.54) is 0 Å². The van der Waals surface area contributed by atoms with E-state index in [2.05, 4.69) is 21.5 Å². The smallest absolute Gasteiger partial charge is 0.115 e. The second kappa shape index (κ2) is 3.54. The highest BCUT2D eigenvalue weighted by Crippen LogP contribution is 2.31. The molecule has 2 nitrogen and oxygen atoms in total. The SMILES string of the molecule is C1=CSC(c2ccncn2)C=C1. The Bertz CT molecular complexity index is 306. The molecule has 60 valence electrons. The maximum absolute atomic E-state index is 4.19. The van der Waals surface area contributed by atoms with Gasteiger partial charge in [0.2, 0.25) is 0 Å². The molecule has 0 amide bonds. The first-order chi connectivity index (χ1) is 5.97. The average molecular weight is 176 g/mol. The van der Waals surface area contributed by atoms with Crippen molar-refractivity contribution in [3.05, 3.63) is 47.9 Å². The predicted octanol–water partition coefficient (Wildman–Crippen LogP) is 2.33. The summed E-state index contributed by atoms with van der Waals surface area (Å²) in [6.07, 6.45) is 9.57. The van der Waals surface area contributed by atoms with Crippen molar-refractivity contribution >= 4 is 11.8 Å². The first-order valence-corrected chi connectivity index (χ1v) is 4.66. The van der Waals surface area contributed by atoms with E-state index < -0.39 is 0 Å². The van der Waals surface area contributed by atoms with Crippen molar-refractivity contribution in [2.24, 2.45) is 0 Å². The lowest BCUT2D eigenvalue weighted by atomic mass is 10.2. The predicted molar refractivity (Wildman–Crippen MR) is 50.6 cm³/mol. The molecule has 0 saturated carbocycles. The molecular formula is C9H8N2S. The van der Waals surface area contributed by atoms with E-state index in [1.54, 1.807) is 24.3 Å². The van der Waals surface area contributed by atoms with Gasteiger partial charge in [0.05, 0.1) is 10.9 Å². The number of nitrogens with zero attached hydrogens (tertiary/aromatic N) is 2. The van der Waals surface area contributed by atoms with Crippen LogP contribution >= 0.6 is 11.8 Å². The van der Waals surface area contributed by atoms with Crippen LogP contribution in [0.15, 0.2) is 42.2 Å². The molecule has 0 fully saturated rings. The Hall–Kier alpha value is -1.09. The van der Waals surface area contributed by atoms with E-state index in [0.29, 0.717) is 5.25 Å².